The molecule has 1 aliphatic heterocycles. The molecular formula is C14H21NO3. The fourth-order valence-corrected chi connectivity index (χ4v) is 1.89. The molecule has 0 amide bonds. The third-order valence-corrected chi connectivity index (χ3v) is 2.93. The minimum absolute atomic E-state index is 0.218. The van der Waals surface area contributed by atoms with Gasteiger partial charge in [0.05, 0.1) is 19.8 Å². The lowest BCUT2D eigenvalue weighted by Gasteiger charge is -2.12. The van der Waals surface area contributed by atoms with Crippen molar-refractivity contribution < 1.29 is 14.2 Å². The normalized spacial score (nSPS) is 19.1. The summed E-state index contributed by atoms with van der Waals surface area (Å²) >= 11 is 0. The molecule has 100 valence electrons. The maximum Gasteiger partial charge on any atom is 0.124 e. The van der Waals surface area contributed by atoms with Crippen molar-refractivity contribution in [3.8, 4) is 5.75 Å². The third-order valence-electron chi connectivity index (χ3n) is 2.93. The van der Waals surface area contributed by atoms with Crippen LogP contribution in [-0.4, -0.2) is 39.6 Å². The summed E-state index contributed by atoms with van der Waals surface area (Å²) in [6, 6.07) is 8.22. The van der Waals surface area contributed by atoms with E-state index in [2.05, 4.69) is 17.4 Å². The summed E-state index contributed by atoms with van der Waals surface area (Å²) in [6.45, 7) is 3.99. The van der Waals surface area contributed by atoms with Gasteiger partial charge in [-0.3, -0.25) is 0 Å². The molecule has 0 aromatic heterocycles. The highest BCUT2D eigenvalue weighted by Gasteiger charge is 2.16. The largest absolute Gasteiger partial charge is 0.488 e. The van der Waals surface area contributed by atoms with Crippen LogP contribution < -0.4 is 10.1 Å². The summed E-state index contributed by atoms with van der Waals surface area (Å²) in [5.41, 5.74) is 1.25. The molecule has 18 heavy (non-hydrogen) atoms. The Bertz CT molecular complexity index is 333. The van der Waals surface area contributed by atoms with Gasteiger partial charge in [0, 0.05) is 26.6 Å². The summed E-state index contributed by atoms with van der Waals surface area (Å²) in [6.07, 6.45) is 1.20. The smallest absolute Gasteiger partial charge is 0.124 e. The van der Waals surface area contributed by atoms with Crippen molar-refractivity contribution in [2.75, 3.05) is 33.5 Å². The Hall–Kier alpha value is -1.10. The zero-order valence-electron chi connectivity index (χ0n) is 10.9. The maximum atomic E-state index is 5.81. The highest BCUT2D eigenvalue weighted by molar-refractivity contribution is 5.27. The van der Waals surface area contributed by atoms with Gasteiger partial charge >= 0.3 is 0 Å². The molecule has 0 saturated carbocycles. The summed E-state index contributed by atoms with van der Waals surface area (Å²) in [5.74, 6) is 0.922. The van der Waals surface area contributed by atoms with Gasteiger partial charge in [0.25, 0.3) is 0 Å². The average Bonchev–Trinajstić information content (AvgIpc) is 2.89. The first-order valence-electron chi connectivity index (χ1n) is 6.41. The minimum Gasteiger partial charge on any atom is -0.488 e. The van der Waals surface area contributed by atoms with Crippen molar-refractivity contribution in [3.63, 3.8) is 0 Å². The summed E-state index contributed by atoms with van der Waals surface area (Å²) < 4.78 is 16.1. The predicted molar refractivity (Wildman–Crippen MR) is 69.9 cm³/mol. The zero-order valence-corrected chi connectivity index (χ0v) is 10.9. The Balaban J connectivity index is 1.74. The molecule has 1 aromatic carbocycles. The van der Waals surface area contributed by atoms with E-state index in [1.807, 2.05) is 12.1 Å². The van der Waals surface area contributed by atoms with E-state index in [0.29, 0.717) is 6.61 Å². The van der Waals surface area contributed by atoms with E-state index in [-0.39, 0.29) is 6.10 Å². The zero-order chi connectivity index (χ0) is 12.6. The number of nitrogens with one attached hydrogen (secondary N) is 1. The molecule has 2 rings (SSSR count). The lowest BCUT2D eigenvalue weighted by Crippen LogP contribution is -2.18. The van der Waals surface area contributed by atoms with Gasteiger partial charge in [-0.1, -0.05) is 12.1 Å². The van der Waals surface area contributed by atoms with Gasteiger partial charge in [-0.15, -0.1) is 0 Å². The maximum absolute atomic E-state index is 5.81. The standard InChI is InChI=1S/C14H21NO3/c1-16-9-7-15-10-12-2-4-13(5-3-12)18-14-6-8-17-11-14/h2-5,14-15H,6-11H2,1H3. The lowest BCUT2D eigenvalue weighted by atomic mass is 10.2. The molecule has 0 radical (unpaired) electrons. The number of benzene rings is 1. The molecule has 1 unspecified atom stereocenters. The Morgan fingerprint density at radius 1 is 1.33 bits per heavy atom. The molecule has 1 aromatic rings. The van der Waals surface area contributed by atoms with E-state index in [4.69, 9.17) is 14.2 Å². The van der Waals surface area contributed by atoms with Gasteiger partial charge < -0.3 is 19.5 Å². The first kappa shape index (κ1) is 13.3. The molecular weight excluding hydrogens is 230 g/mol. The van der Waals surface area contributed by atoms with Crippen molar-refractivity contribution in [1.82, 2.24) is 5.32 Å². The van der Waals surface area contributed by atoms with Crippen LogP contribution >= 0.6 is 0 Å². The van der Waals surface area contributed by atoms with Crippen LogP contribution in [0.15, 0.2) is 24.3 Å². The van der Waals surface area contributed by atoms with Gasteiger partial charge in [0.1, 0.15) is 11.9 Å². The van der Waals surface area contributed by atoms with Crippen LogP contribution in [0.25, 0.3) is 0 Å². The second kappa shape index (κ2) is 7.36. The molecule has 1 N–H and O–H groups in total. The van der Waals surface area contributed by atoms with Gasteiger partial charge in [0.2, 0.25) is 0 Å². The molecule has 0 bridgehead atoms. The SMILES string of the molecule is COCCNCc1ccc(OC2CCOC2)cc1. The lowest BCUT2D eigenvalue weighted by molar-refractivity contribution is 0.141. The second-order valence-corrected chi connectivity index (χ2v) is 4.42. The Labute approximate surface area is 108 Å². The molecule has 0 aliphatic carbocycles. The van der Waals surface area contributed by atoms with E-state index >= 15 is 0 Å². The molecule has 4 nitrogen and oxygen atoms in total. The molecule has 4 heteroatoms. The molecule has 1 atom stereocenters. The minimum atomic E-state index is 0.218. The van der Waals surface area contributed by atoms with Crippen molar-refractivity contribution in [2.45, 2.75) is 19.1 Å². The van der Waals surface area contributed by atoms with Crippen molar-refractivity contribution >= 4 is 0 Å². The third kappa shape index (κ3) is 4.29. The second-order valence-electron chi connectivity index (χ2n) is 4.42. The van der Waals surface area contributed by atoms with Crippen LogP contribution in [0.1, 0.15) is 12.0 Å². The monoisotopic (exact) mass is 251 g/mol. The van der Waals surface area contributed by atoms with Crippen molar-refractivity contribution in [3.05, 3.63) is 29.8 Å². The molecule has 1 heterocycles. The van der Waals surface area contributed by atoms with Gasteiger partial charge in [-0.25, -0.2) is 0 Å². The molecule has 0 spiro atoms. The van der Waals surface area contributed by atoms with Gasteiger partial charge in [0.15, 0.2) is 0 Å². The van der Waals surface area contributed by atoms with Crippen LogP contribution in [-0.2, 0) is 16.0 Å². The Kier molecular flexibility index (Phi) is 5.45. The van der Waals surface area contributed by atoms with E-state index in [0.717, 1.165) is 38.5 Å². The van der Waals surface area contributed by atoms with Crippen LogP contribution in [0.5, 0.6) is 5.75 Å². The van der Waals surface area contributed by atoms with Crippen molar-refractivity contribution in [2.24, 2.45) is 0 Å². The van der Waals surface area contributed by atoms with E-state index in [1.54, 1.807) is 7.11 Å². The predicted octanol–water partition coefficient (Wildman–Crippen LogP) is 1.59. The van der Waals surface area contributed by atoms with Crippen LogP contribution in [0.2, 0.25) is 0 Å². The van der Waals surface area contributed by atoms with Crippen LogP contribution in [0.3, 0.4) is 0 Å². The van der Waals surface area contributed by atoms with Crippen LogP contribution in [0, 0.1) is 0 Å². The Morgan fingerprint density at radius 2 is 2.17 bits per heavy atom. The highest BCUT2D eigenvalue weighted by Crippen LogP contribution is 2.17. The average molecular weight is 251 g/mol. The van der Waals surface area contributed by atoms with E-state index < -0.39 is 0 Å². The number of methoxy groups -OCH3 is 1. The molecule has 1 aliphatic rings. The Morgan fingerprint density at radius 3 is 2.83 bits per heavy atom. The highest BCUT2D eigenvalue weighted by atomic mass is 16.5. The number of ether oxygens (including phenoxy) is 3. The quantitative estimate of drug-likeness (QED) is 0.747. The first-order valence-corrected chi connectivity index (χ1v) is 6.41. The molecule has 1 fully saturated rings. The van der Waals surface area contributed by atoms with Crippen molar-refractivity contribution in [1.29, 1.82) is 0 Å². The molecule has 1 saturated heterocycles. The van der Waals surface area contributed by atoms with E-state index in [1.165, 1.54) is 5.56 Å². The van der Waals surface area contributed by atoms with E-state index in [9.17, 15) is 0 Å². The summed E-state index contributed by atoms with van der Waals surface area (Å²) in [7, 11) is 1.71. The summed E-state index contributed by atoms with van der Waals surface area (Å²) in [4.78, 5) is 0. The van der Waals surface area contributed by atoms with Gasteiger partial charge in [-0.05, 0) is 17.7 Å². The number of hydrogen-bond donors (Lipinski definition) is 1. The summed E-state index contributed by atoms with van der Waals surface area (Å²) in [5, 5.41) is 3.31. The van der Waals surface area contributed by atoms with Gasteiger partial charge in [-0.2, -0.15) is 0 Å². The fraction of sp³-hybridized carbons (Fsp3) is 0.571. The first-order chi connectivity index (χ1) is 8.88. The number of rotatable bonds is 7. The number of hydrogen-bond acceptors (Lipinski definition) is 4. The fourth-order valence-electron chi connectivity index (χ4n) is 1.89. The van der Waals surface area contributed by atoms with Crippen LogP contribution in [0.4, 0.5) is 0 Å². The topological polar surface area (TPSA) is 39.7 Å².